The molecule has 4 nitrogen and oxygen atoms in total. The van der Waals surface area contributed by atoms with Crippen LogP contribution in [-0.4, -0.2) is 20.8 Å². The van der Waals surface area contributed by atoms with Crippen molar-refractivity contribution in [1.82, 2.24) is 4.72 Å². The van der Waals surface area contributed by atoms with Gasteiger partial charge in [0.1, 0.15) is 5.84 Å². The van der Waals surface area contributed by atoms with Crippen LogP contribution in [0.4, 0.5) is 0 Å². The SMILES string of the molecule is CCCN=C(NS(=O)(=O)c1ccccc1)c1ccccc1. The van der Waals surface area contributed by atoms with Gasteiger partial charge >= 0.3 is 0 Å². The zero-order valence-electron chi connectivity index (χ0n) is 11.9. The molecule has 0 fully saturated rings. The predicted octanol–water partition coefficient (Wildman–Crippen LogP) is 2.82. The van der Waals surface area contributed by atoms with Gasteiger partial charge in [-0.05, 0) is 18.6 Å². The molecule has 21 heavy (non-hydrogen) atoms. The number of aliphatic imine (C=N–C) groups is 1. The Morgan fingerprint density at radius 3 is 2.14 bits per heavy atom. The Kier molecular flexibility index (Phi) is 5.11. The maximum atomic E-state index is 12.4. The van der Waals surface area contributed by atoms with Crippen LogP contribution < -0.4 is 4.72 Å². The average Bonchev–Trinajstić information content (AvgIpc) is 2.53. The van der Waals surface area contributed by atoms with Gasteiger partial charge in [-0.15, -0.1) is 0 Å². The topological polar surface area (TPSA) is 58.5 Å². The molecule has 2 aromatic rings. The molecule has 0 amide bonds. The molecular weight excluding hydrogens is 284 g/mol. The van der Waals surface area contributed by atoms with E-state index in [0.29, 0.717) is 12.4 Å². The van der Waals surface area contributed by atoms with Crippen LogP contribution in [0.1, 0.15) is 18.9 Å². The highest BCUT2D eigenvalue weighted by Crippen LogP contribution is 2.09. The smallest absolute Gasteiger partial charge is 0.263 e. The van der Waals surface area contributed by atoms with Gasteiger partial charge in [-0.1, -0.05) is 55.5 Å². The van der Waals surface area contributed by atoms with Crippen molar-refractivity contribution in [3.63, 3.8) is 0 Å². The molecule has 2 rings (SSSR count). The van der Waals surface area contributed by atoms with Crippen LogP contribution in [0.3, 0.4) is 0 Å². The second-order valence-corrected chi connectivity index (χ2v) is 6.20. The number of sulfonamides is 1. The van der Waals surface area contributed by atoms with Gasteiger partial charge in [0.25, 0.3) is 10.0 Å². The van der Waals surface area contributed by atoms with E-state index < -0.39 is 10.0 Å². The molecule has 0 saturated carbocycles. The first-order valence-electron chi connectivity index (χ1n) is 6.81. The van der Waals surface area contributed by atoms with Crippen LogP contribution >= 0.6 is 0 Å². The molecule has 0 aliphatic heterocycles. The lowest BCUT2D eigenvalue weighted by atomic mass is 10.2. The van der Waals surface area contributed by atoms with Crippen molar-refractivity contribution < 1.29 is 8.42 Å². The summed E-state index contributed by atoms with van der Waals surface area (Å²) in [6.07, 6.45) is 0.851. The zero-order valence-corrected chi connectivity index (χ0v) is 12.7. The van der Waals surface area contributed by atoms with E-state index in [0.717, 1.165) is 12.0 Å². The van der Waals surface area contributed by atoms with Crippen molar-refractivity contribution in [3.05, 3.63) is 66.2 Å². The van der Waals surface area contributed by atoms with Crippen molar-refractivity contribution in [2.45, 2.75) is 18.2 Å². The Balaban J connectivity index is 2.32. The van der Waals surface area contributed by atoms with E-state index in [2.05, 4.69) is 9.71 Å². The first-order valence-corrected chi connectivity index (χ1v) is 8.29. The molecule has 0 aromatic heterocycles. The molecule has 0 spiro atoms. The van der Waals surface area contributed by atoms with Crippen molar-refractivity contribution >= 4 is 15.9 Å². The first kappa shape index (κ1) is 15.3. The third-order valence-electron chi connectivity index (χ3n) is 2.83. The number of rotatable bonds is 5. The third kappa shape index (κ3) is 4.16. The van der Waals surface area contributed by atoms with Gasteiger partial charge in [0.15, 0.2) is 0 Å². The van der Waals surface area contributed by atoms with Crippen molar-refractivity contribution in [3.8, 4) is 0 Å². The number of benzene rings is 2. The summed E-state index contributed by atoms with van der Waals surface area (Å²) in [5, 5.41) is 0. The highest BCUT2D eigenvalue weighted by molar-refractivity contribution is 7.90. The molecule has 0 aliphatic carbocycles. The summed E-state index contributed by atoms with van der Waals surface area (Å²) in [4.78, 5) is 4.58. The Morgan fingerprint density at radius 1 is 1.00 bits per heavy atom. The van der Waals surface area contributed by atoms with E-state index >= 15 is 0 Å². The Labute approximate surface area is 125 Å². The maximum Gasteiger partial charge on any atom is 0.263 e. The fourth-order valence-corrected chi connectivity index (χ4v) is 2.86. The lowest BCUT2D eigenvalue weighted by Gasteiger charge is -2.11. The number of amidine groups is 1. The maximum absolute atomic E-state index is 12.4. The molecule has 1 N–H and O–H groups in total. The highest BCUT2D eigenvalue weighted by atomic mass is 32.2. The number of hydrogen-bond acceptors (Lipinski definition) is 3. The molecule has 0 unspecified atom stereocenters. The van der Waals surface area contributed by atoms with Crippen LogP contribution in [-0.2, 0) is 10.0 Å². The number of hydrogen-bond donors (Lipinski definition) is 1. The van der Waals surface area contributed by atoms with Gasteiger partial charge in [0.05, 0.1) is 4.90 Å². The van der Waals surface area contributed by atoms with Gasteiger partial charge in [0, 0.05) is 12.1 Å². The molecular formula is C16H18N2O2S. The van der Waals surface area contributed by atoms with E-state index in [1.807, 2.05) is 37.3 Å². The molecule has 0 radical (unpaired) electrons. The fourth-order valence-electron chi connectivity index (χ4n) is 1.79. The summed E-state index contributed by atoms with van der Waals surface area (Å²) >= 11 is 0. The van der Waals surface area contributed by atoms with Gasteiger partial charge < -0.3 is 0 Å². The zero-order chi connectivity index (χ0) is 15.1. The second kappa shape index (κ2) is 7.04. The molecule has 5 heteroatoms. The minimum absolute atomic E-state index is 0.227. The summed E-state index contributed by atoms with van der Waals surface area (Å²) in [5.41, 5.74) is 0.755. The molecule has 0 aliphatic rings. The summed E-state index contributed by atoms with van der Waals surface area (Å²) in [6.45, 7) is 2.57. The Morgan fingerprint density at radius 2 is 1.57 bits per heavy atom. The quantitative estimate of drug-likeness (QED) is 0.682. The van der Waals surface area contributed by atoms with Gasteiger partial charge in [-0.25, -0.2) is 8.42 Å². The van der Waals surface area contributed by atoms with E-state index in [1.165, 1.54) is 0 Å². The summed E-state index contributed by atoms with van der Waals surface area (Å²) < 4.78 is 27.4. The molecule has 0 atom stereocenters. The largest absolute Gasteiger partial charge is 0.267 e. The fraction of sp³-hybridized carbons (Fsp3) is 0.188. The van der Waals surface area contributed by atoms with Crippen LogP contribution in [0.15, 0.2) is 70.6 Å². The minimum Gasteiger partial charge on any atom is -0.267 e. The summed E-state index contributed by atoms with van der Waals surface area (Å²) in [7, 11) is -3.62. The van der Waals surface area contributed by atoms with Crippen LogP contribution in [0, 0.1) is 0 Å². The second-order valence-electron chi connectivity index (χ2n) is 4.51. The van der Waals surface area contributed by atoms with Crippen LogP contribution in [0.25, 0.3) is 0 Å². The van der Waals surface area contributed by atoms with Crippen molar-refractivity contribution in [2.24, 2.45) is 4.99 Å². The van der Waals surface area contributed by atoms with Crippen molar-refractivity contribution in [2.75, 3.05) is 6.54 Å². The Hall–Kier alpha value is -2.14. The molecule has 110 valence electrons. The highest BCUT2D eigenvalue weighted by Gasteiger charge is 2.16. The normalized spacial score (nSPS) is 12.1. The molecule has 0 bridgehead atoms. The van der Waals surface area contributed by atoms with Gasteiger partial charge in [-0.3, -0.25) is 9.71 Å². The average molecular weight is 302 g/mol. The number of nitrogens with zero attached hydrogens (tertiary/aromatic N) is 1. The lowest BCUT2D eigenvalue weighted by molar-refractivity contribution is 0.592. The lowest BCUT2D eigenvalue weighted by Crippen LogP contribution is -2.31. The van der Waals surface area contributed by atoms with E-state index in [-0.39, 0.29) is 4.90 Å². The minimum atomic E-state index is -3.62. The van der Waals surface area contributed by atoms with E-state index in [9.17, 15) is 8.42 Å². The molecule has 0 saturated heterocycles. The summed E-state index contributed by atoms with van der Waals surface area (Å²) in [5.74, 6) is 0.376. The third-order valence-corrected chi connectivity index (χ3v) is 4.18. The summed E-state index contributed by atoms with van der Waals surface area (Å²) in [6, 6.07) is 17.6. The van der Waals surface area contributed by atoms with Crippen LogP contribution in [0.5, 0.6) is 0 Å². The van der Waals surface area contributed by atoms with Crippen LogP contribution in [0.2, 0.25) is 0 Å². The van der Waals surface area contributed by atoms with Gasteiger partial charge in [0.2, 0.25) is 0 Å². The number of nitrogens with one attached hydrogen (secondary N) is 1. The van der Waals surface area contributed by atoms with Gasteiger partial charge in [-0.2, -0.15) is 0 Å². The monoisotopic (exact) mass is 302 g/mol. The molecule has 0 heterocycles. The Bertz CT molecular complexity index is 696. The predicted molar refractivity (Wildman–Crippen MR) is 84.9 cm³/mol. The van der Waals surface area contributed by atoms with E-state index in [4.69, 9.17) is 0 Å². The standard InChI is InChI=1S/C16H18N2O2S/c1-2-13-17-16(14-9-5-3-6-10-14)18-21(19,20)15-11-7-4-8-12-15/h3-12H,2,13H2,1H3,(H,17,18). The molecule has 2 aromatic carbocycles. The van der Waals surface area contributed by atoms with E-state index in [1.54, 1.807) is 30.3 Å². The first-order chi connectivity index (χ1) is 10.1. The van der Waals surface area contributed by atoms with Crippen molar-refractivity contribution in [1.29, 1.82) is 0 Å².